The van der Waals surface area contributed by atoms with Gasteiger partial charge in [-0.1, -0.05) is 37.6 Å². The van der Waals surface area contributed by atoms with E-state index < -0.39 is 6.29 Å². The van der Waals surface area contributed by atoms with Crippen molar-refractivity contribution in [2.24, 2.45) is 5.92 Å². The van der Waals surface area contributed by atoms with E-state index in [0.717, 1.165) is 24.9 Å². The van der Waals surface area contributed by atoms with Gasteiger partial charge in [0.05, 0.1) is 0 Å². The summed E-state index contributed by atoms with van der Waals surface area (Å²) in [5.41, 5.74) is 2.97. The molecule has 0 aliphatic carbocycles. The van der Waals surface area contributed by atoms with Crippen molar-refractivity contribution in [2.45, 2.75) is 58.2 Å². The normalized spacial score (nSPS) is 18.1. The molecule has 0 spiro atoms. The summed E-state index contributed by atoms with van der Waals surface area (Å²) in [7, 11) is 0. The molecule has 7 rings (SSSR count). The fourth-order valence-corrected chi connectivity index (χ4v) is 7.30. The summed E-state index contributed by atoms with van der Waals surface area (Å²) in [6.45, 7) is 10.00. The molecule has 6 amide bonds. The molecule has 4 heterocycles. The Balaban J connectivity index is 0.000000196. The van der Waals surface area contributed by atoms with Crippen LogP contribution in [-0.2, 0) is 9.53 Å². The fourth-order valence-electron chi connectivity index (χ4n) is 7.18. The number of rotatable bonds is 6. The molecule has 58 heavy (non-hydrogen) atoms. The molecule has 4 aliphatic rings. The van der Waals surface area contributed by atoms with Crippen molar-refractivity contribution in [1.29, 1.82) is 0 Å². The maximum absolute atomic E-state index is 13.1. The number of halogens is 3. The van der Waals surface area contributed by atoms with Gasteiger partial charge >= 0.3 is 18.4 Å². The lowest BCUT2D eigenvalue weighted by atomic mass is 9.96. The largest absolute Gasteiger partial charge is 0.586 e. The van der Waals surface area contributed by atoms with Crippen molar-refractivity contribution >= 4 is 46.9 Å². The number of benzene rings is 3. The lowest BCUT2D eigenvalue weighted by molar-refractivity contribution is -0.286. The molecular weight excluding hydrogens is 774 g/mol. The predicted octanol–water partition coefficient (Wildman–Crippen LogP) is 7.73. The molecule has 16 heteroatoms. The second kappa shape index (κ2) is 19.5. The van der Waals surface area contributed by atoms with Crippen LogP contribution in [0.4, 0.5) is 29.7 Å². The molecule has 3 aromatic carbocycles. The highest BCUT2D eigenvalue weighted by atomic mass is 35.5. The van der Waals surface area contributed by atoms with Gasteiger partial charge in [-0.3, -0.25) is 9.59 Å². The van der Waals surface area contributed by atoms with E-state index in [1.165, 1.54) is 23.8 Å². The van der Waals surface area contributed by atoms with Gasteiger partial charge in [0.25, 0.3) is 5.91 Å². The van der Waals surface area contributed by atoms with Crippen molar-refractivity contribution in [2.75, 3.05) is 76.2 Å². The quantitative estimate of drug-likeness (QED) is 0.260. The van der Waals surface area contributed by atoms with Crippen LogP contribution >= 0.6 is 11.6 Å². The Morgan fingerprint density at radius 2 is 1.24 bits per heavy atom. The van der Waals surface area contributed by atoms with E-state index >= 15 is 0 Å². The van der Waals surface area contributed by atoms with Crippen LogP contribution in [0.1, 0.15) is 67.8 Å². The highest BCUT2D eigenvalue weighted by Crippen LogP contribution is 2.42. The van der Waals surface area contributed by atoms with Gasteiger partial charge in [-0.05, 0) is 91.6 Å². The van der Waals surface area contributed by atoms with Crippen molar-refractivity contribution < 1.29 is 42.2 Å². The van der Waals surface area contributed by atoms with Crippen molar-refractivity contribution in [3.63, 3.8) is 0 Å². The number of nitrogens with one attached hydrogen (secondary N) is 2. The number of alkyl halides is 2. The number of amides is 6. The van der Waals surface area contributed by atoms with E-state index in [2.05, 4.69) is 34.0 Å². The van der Waals surface area contributed by atoms with Crippen molar-refractivity contribution in [1.82, 2.24) is 19.6 Å². The highest BCUT2D eigenvalue weighted by Gasteiger charge is 2.43. The molecule has 2 N–H and O–H groups in total. The lowest BCUT2D eigenvalue weighted by Crippen LogP contribution is -2.39. The SMILES string of the molecule is CC(C)c1ccc(NC(=O)N2CCCN(C(=O)c3ccc(Cl)cc3)CC2)cc1.O=C(CC1CCOCC1)N1CCCN(C(=O)Nc2ccc3c(c2)OC(F)(F)O3)CC1. The van der Waals surface area contributed by atoms with E-state index in [-0.39, 0.29) is 35.4 Å². The number of nitrogens with zero attached hydrogens (tertiary/aromatic N) is 4. The number of hydrogen-bond acceptors (Lipinski definition) is 7. The zero-order chi connectivity index (χ0) is 41.2. The Morgan fingerprint density at radius 3 is 1.88 bits per heavy atom. The summed E-state index contributed by atoms with van der Waals surface area (Å²) in [4.78, 5) is 57.6. The van der Waals surface area contributed by atoms with Crippen LogP contribution in [0, 0.1) is 5.92 Å². The zero-order valence-corrected chi connectivity index (χ0v) is 33.6. The smallest absolute Gasteiger partial charge is 0.395 e. The second-order valence-electron chi connectivity index (χ2n) is 15.1. The topological polar surface area (TPSA) is 133 Å². The molecule has 0 bridgehead atoms. The second-order valence-corrected chi connectivity index (χ2v) is 15.5. The van der Waals surface area contributed by atoms with E-state index in [1.54, 1.807) is 39.0 Å². The molecule has 3 saturated heterocycles. The predicted molar refractivity (Wildman–Crippen MR) is 216 cm³/mol. The van der Waals surface area contributed by atoms with Crippen LogP contribution in [0.3, 0.4) is 0 Å². The van der Waals surface area contributed by atoms with Gasteiger partial charge in [0.2, 0.25) is 5.91 Å². The van der Waals surface area contributed by atoms with E-state index in [1.807, 2.05) is 29.2 Å². The Morgan fingerprint density at radius 1 is 0.707 bits per heavy atom. The first-order valence-corrected chi connectivity index (χ1v) is 20.2. The summed E-state index contributed by atoms with van der Waals surface area (Å²) in [6, 6.07) is 18.5. The average Bonchev–Trinajstić information content (AvgIpc) is 3.41. The minimum Gasteiger partial charge on any atom is -0.395 e. The molecule has 0 radical (unpaired) electrons. The van der Waals surface area contributed by atoms with Crippen LogP contribution in [-0.4, -0.2) is 115 Å². The van der Waals surface area contributed by atoms with Gasteiger partial charge in [0.1, 0.15) is 0 Å². The molecule has 3 fully saturated rings. The van der Waals surface area contributed by atoms with Gasteiger partial charge in [-0.15, -0.1) is 8.78 Å². The Kier molecular flexibility index (Phi) is 14.3. The van der Waals surface area contributed by atoms with Crippen LogP contribution in [0.5, 0.6) is 11.5 Å². The average molecular weight is 825 g/mol. The summed E-state index contributed by atoms with van der Waals surface area (Å²) < 4.78 is 40.4. The van der Waals surface area contributed by atoms with Gasteiger partial charge in [0, 0.05) is 100 Å². The summed E-state index contributed by atoms with van der Waals surface area (Å²) in [5.74, 6) is 0.723. The first-order valence-electron chi connectivity index (χ1n) is 19.9. The molecule has 4 aliphatic heterocycles. The summed E-state index contributed by atoms with van der Waals surface area (Å²) in [5, 5.41) is 6.26. The van der Waals surface area contributed by atoms with E-state index in [0.29, 0.717) is 107 Å². The molecule has 0 atom stereocenters. The summed E-state index contributed by atoms with van der Waals surface area (Å²) in [6.07, 6.45) is 0.0816. The number of fused-ring (bicyclic) bond motifs is 1. The minimum absolute atomic E-state index is 0.0248. The first kappa shape index (κ1) is 42.5. The Hall–Kier alpha value is -5.15. The van der Waals surface area contributed by atoms with Crippen LogP contribution in [0.15, 0.2) is 66.7 Å². The highest BCUT2D eigenvalue weighted by molar-refractivity contribution is 6.30. The molecule has 13 nitrogen and oxygen atoms in total. The standard InChI is InChI=1S/C22H26ClN3O2.C20H25F2N3O5/c1-16(2)17-6-10-20(11-7-17)24-22(28)26-13-3-12-25(14-15-26)21(27)18-4-8-19(23)9-5-18;21-20(22)29-16-3-2-15(13-17(16)30-20)23-19(27)25-7-1-6-24(8-9-25)18(26)12-14-4-10-28-11-5-14/h4-11,16H,3,12-15H2,1-2H3,(H,24,28);2-3,13-14H,1,4-12H2,(H,23,27). The monoisotopic (exact) mass is 824 g/mol. The molecule has 312 valence electrons. The molecule has 0 saturated carbocycles. The van der Waals surface area contributed by atoms with Gasteiger partial charge in [-0.2, -0.15) is 0 Å². The van der Waals surface area contributed by atoms with Crippen LogP contribution in [0.2, 0.25) is 5.02 Å². The number of carbonyl (C=O) groups excluding carboxylic acids is 4. The number of hydrogen-bond donors (Lipinski definition) is 2. The third-order valence-corrected chi connectivity index (χ3v) is 10.8. The van der Waals surface area contributed by atoms with Gasteiger partial charge < -0.3 is 44.4 Å². The number of ether oxygens (including phenoxy) is 3. The van der Waals surface area contributed by atoms with E-state index in [4.69, 9.17) is 16.3 Å². The number of carbonyl (C=O) groups is 4. The van der Waals surface area contributed by atoms with Crippen LogP contribution < -0.4 is 20.1 Å². The molecule has 0 aromatic heterocycles. The number of anilines is 2. The number of urea groups is 2. The van der Waals surface area contributed by atoms with Gasteiger partial charge in [-0.25, -0.2) is 9.59 Å². The third-order valence-electron chi connectivity index (χ3n) is 10.6. The van der Waals surface area contributed by atoms with Crippen molar-refractivity contribution in [3.8, 4) is 11.5 Å². The van der Waals surface area contributed by atoms with E-state index in [9.17, 15) is 28.0 Å². The van der Waals surface area contributed by atoms with Gasteiger partial charge in [0.15, 0.2) is 11.5 Å². The zero-order valence-electron chi connectivity index (χ0n) is 32.9. The van der Waals surface area contributed by atoms with Crippen molar-refractivity contribution in [3.05, 3.63) is 82.9 Å². The fraction of sp³-hybridized carbons (Fsp3) is 0.476. The summed E-state index contributed by atoms with van der Waals surface area (Å²) >= 11 is 5.90. The maximum atomic E-state index is 13.1. The maximum Gasteiger partial charge on any atom is 0.586 e. The third kappa shape index (κ3) is 11.7. The molecule has 0 unspecified atom stereocenters. The Labute approximate surface area is 342 Å². The van der Waals surface area contributed by atoms with Crippen LogP contribution in [0.25, 0.3) is 0 Å². The minimum atomic E-state index is -3.70. The Bertz CT molecular complexity index is 1900. The lowest BCUT2D eigenvalue weighted by Gasteiger charge is -2.26. The first-order chi connectivity index (χ1) is 27.8. The molecule has 3 aromatic rings. The molecular formula is C42H51ClF2N6O7.